The van der Waals surface area contributed by atoms with Gasteiger partial charge in [0.2, 0.25) is 11.6 Å². The number of hydrogen-bond acceptors (Lipinski definition) is 6. The van der Waals surface area contributed by atoms with Gasteiger partial charge < -0.3 is 13.9 Å². The third-order valence-electron chi connectivity index (χ3n) is 5.61. The number of nitrogens with zero attached hydrogens (tertiary/aromatic N) is 1. The molecule has 1 aromatic carbocycles. The van der Waals surface area contributed by atoms with Crippen LogP contribution in [0.1, 0.15) is 57.8 Å². The summed E-state index contributed by atoms with van der Waals surface area (Å²) >= 11 is 0. The predicted molar refractivity (Wildman–Crippen MR) is 134 cm³/mol. The second-order valence-corrected chi connectivity index (χ2v) is 8.26. The number of rotatable bonds is 15. The van der Waals surface area contributed by atoms with Gasteiger partial charge >= 0.3 is 11.6 Å². The van der Waals surface area contributed by atoms with Gasteiger partial charge in [-0.25, -0.2) is 9.59 Å². The van der Waals surface area contributed by atoms with Gasteiger partial charge in [-0.1, -0.05) is 81.9 Å². The number of fused-ring (bicyclic) bond motifs is 1. The molecular formula is C28H33NO5. The fourth-order valence-corrected chi connectivity index (χ4v) is 3.73. The summed E-state index contributed by atoms with van der Waals surface area (Å²) in [6, 6.07) is 15.0. The molecule has 0 aliphatic carbocycles. The Balaban J connectivity index is 1.29. The molecule has 3 rings (SSSR count). The number of unbranched alkanes of at least 4 members (excludes halogenated alkanes) is 8. The van der Waals surface area contributed by atoms with Crippen LogP contribution < -0.4 is 10.4 Å². The van der Waals surface area contributed by atoms with Gasteiger partial charge in [0.15, 0.2) is 0 Å². The Hall–Kier alpha value is -3.41. The molecule has 0 aliphatic heterocycles. The normalized spacial score (nSPS) is 10.8. The van der Waals surface area contributed by atoms with Crippen LogP contribution in [0.25, 0.3) is 22.2 Å². The number of carbonyl (C=O) groups excluding carboxylic acids is 1. The number of hydrogen-bond donors (Lipinski definition) is 0. The van der Waals surface area contributed by atoms with E-state index in [1.54, 1.807) is 0 Å². The Bertz CT molecular complexity index is 1110. The molecule has 3 aromatic rings. The molecule has 0 atom stereocenters. The van der Waals surface area contributed by atoms with Crippen molar-refractivity contribution in [3.8, 4) is 17.0 Å². The molecule has 0 N–H and O–H groups in total. The third-order valence-corrected chi connectivity index (χ3v) is 5.61. The Kier molecular flexibility index (Phi) is 10.4. The van der Waals surface area contributed by atoms with Crippen molar-refractivity contribution in [3.05, 3.63) is 71.6 Å². The summed E-state index contributed by atoms with van der Waals surface area (Å²) < 4.78 is 16.2. The van der Waals surface area contributed by atoms with Crippen molar-refractivity contribution in [2.24, 2.45) is 0 Å². The fraction of sp³-hybridized carbons (Fsp3) is 0.393. The molecule has 0 saturated heterocycles. The van der Waals surface area contributed by atoms with Gasteiger partial charge in [0.25, 0.3) is 0 Å². The second-order valence-electron chi connectivity index (χ2n) is 8.26. The van der Waals surface area contributed by atoms with Gasteiger partial charge in [-0.05, 0) is 30.5 Å². The lowest BCUT2D eigenvalue weighted by atomic mass is 10.1. The molecule has 0 saturated carbocycles. The molecule has 0 amide bonds. The topological polar surface area (TPSA) is 78.6 Å². The SMILES string of the molecule is C=CC(=O)OCCCCCCCCCCCOc1ccc2cc(-c3ccccc3)c(=O)oc2n1. The van der Waals surface area contributed by atoms with E-state index in [1.165, 1.54) is 38.2 Å². The highest BCUT2D eigenvalue weighted by molar-refractivity contribution is 5.81. The molecule has 6 nitrogen and oxygen atoms in total. The van der Waals surface area contributed by atoms with E-state index in [1.807, 2.05) is 48.5 Å². The lowest BCUT2D eigenvalue weighted by Crippen LogP contribution is -2.04. The van der Waals surface area contributed by atoms with Crippen LogP contribution in [-0.2, 0) is 9.53 Å². The monoisotopic (exact) mass is 463 g/mol. The third kappa shape index (κ3) is 8.18. The van der Waals surface area contributed by atoms with Crippen LogP contribution in [0.15, 0.2) is 70.4 Å². The molecule has 0 aliphatic rings. The zero-order valence-electron chi connectivity index (χ0n) is 19.7. The first-order valence-electron chi connectivity index (χ1n) is 12.1. The van der Waals surface area contributed by atoms with Crippen LogP contribution in [0.3, 0.4) is 0 Å². The summed E-state index contributed by atoms with van der Waals surface area (Å²) in [5.74, 6) is 0.131. The lowest BCUT2D eigenvalue weighted by molar-refractivity contribution is -0.137. The van der Waals surface area contributed by atoms with Gasteiger partial charge in [0, 0.05) is 17.5 Å². The largest absolute Gasteiger partial charge is 0.478 e. The van der Waals surface area contributed by atoms with Gasteiger partial charge in [0.05, 0.1) is 18.8 Å². The lowest BCUT2D eigenvalue weighted by Gasteiger charge is -2.07. The average molecular weight is 464 g/mol. The van der Waals surface area contributed by atoms with E-state index >= 15 is 0 Å². The van der Waals surface area contributed by atoms with Crippen molar-refractivity contribution < 1.29 is 18.7 Å². The van der Waals surface area contributed by atoms with Gasteiger partial charge in [0.1, 0.15) is 0 Å². The van der Waals surface area contributed by atoms with Gasteiger partial charge in [-0.2, -0.15) is 4.98 Å². The summed E-state index contributed by atoms with van der Waals surface area (Å²) in [6.45, 7) is 4.45. The number of ether oxygens (including phenoxy) is 2. The average Bonchev–Trinajstić information content (AvgIpc) is 2.86. The maximum atomic E-state index is 12.4. The molecule has 0 bridgehead atoms. The van der Waals surface area contributed by atoms with E-state index < -0.39 is 5.63 Å². The highest BCUT2D eigenvalue weighted by Gasteiger charge is 2.09. The molecule has 2 heterocycles. The molecule has 180 valence electrons. The molecule has 6 heteroatoms. The van der Waals surface area contributed by atoms with E-state index in [0.717, 1.165) is 36.6 Å². The Morgan fingerprint density at radius 3 is 2.21 bits per heavy atom. The first-order valence-corrected chi connectivity index (χ1v) is 12.1. The van der Waals surface area contributed by atoms with Crippen LogP contribution >= 0.6 is 0 Å². The maximum Gasteiger partial charge on any atom is 0.345 e. The smallest absolute Gasteiger partial charge is 0.345 e. The maximum absolute atomic E-state index is 12.4. The van der Waals surface area contributed by atoms with Crippen molar-refractivity contribution in [1.82, 2.24) is 4.98 Å². The number of carbonyl (C=O) groups is 1. The van der Waals surface area contributed by atoms with Gasteiger partial charge in [-0.3, -0.25) is 0 Å². The van der Waals surface area contributed by atoms with Crippen LogP contribution in [0, 0.1) is 0 Å². The first-order chi connectivity index (χ1) is 16.7. The standard InChI is InChI=1S/C28H33NO5/c1-2-26(30)33-20-14-9-7-5-3-4-6-8-13-19-32-25-18-17-23-21-24(22-15-11-10-12-16-22)28(31)34-27(23)29-25/h2,10-12,15-18,21H,1,3-9,13-14,19-20H2. The van der Waals surface area contributed by atoms with E-state index in [9.17, 15) is 9.59 Å². The van der Waals surface area contributed by atoms with Crippen molar-refractivity contribution in [2.75, 3.05) is 13.2 Å². The zero-order chi connectivity index (χ0) is 24.0. The van der Waals surface area contributed by atoms with E-state index in [4.69, 9.17) is 13.9 Å². The fourth-order valence-electron chi connectivity index (χ4n) is 3.73. The highest BCUT2D eigenvalue weighted by Crippen LogP contribution is 2.22. The number of aromatic nitrogens is 1. The van der Waals surface area contributed by atoms with E-state index in [2.05, 4.69) is 11.6 Å². The second kappa shape index (κ2) is 14.0. The van der Waals surface area contributed by atoms with E-state index in [0.29, 0.717) is 30.4 Å². The van der Waals surface area contributed by atoms with Crippen molar-refractivity contribution in [2.45, 2.75) is 57.8 Å². The van der Waals surface area contributed by atoms with Crippen molar-refractivity contribution in [3.63, 3.8) is 0 Å². The van der Waals surface area contributed by atoms with Gasteiger partial charge in [-0.15, -0.1) is 0 Å². The van der Waals surface area contributed by atoms with Crippen LogP contribution in [-0.4, -0.2) is 24.2 Å². The zero-order valence-corrected chi connectivity index (χ0v) is 19.7. The molecule has 2 aromatic heterocycles. The summed E-state index contributed by atoms with van der Waals surface area (Å²) in [4.78, 5) is 27.7. The molecule has 0 fully saturated rings. The number of benzene rings is 1. The van der Waals surface area contributed by atoms with E-state index in [-0.39, 0.29) is 5.97 Å². The van der Waals surface area contributed by atoms with Crippen LogP contribution in [0.2, 0.25) is 0 Å². The minimum Gasteiger partial charge on any atom is -0.478 e. The summed E-state index contributed by atoms with van der Waals surface area (Å²) in [6.07, 6.45) is 11.3. The van der Waals surface area contributed by atoms with Crippen LogP contribution in [0.5, 0.6) is 5.88 Å². The number of esters is 1. The number of pyridine rings is 1. The summed E-state index contributed by atoms with van der Waals surface area (Å²) in [5.41, 5.74) is 1.24. The molecule has 0 radical (unpaired) electrons. The molecule has 0 unspecified atom stereocenters. The minimum atomic E-state index is -0.403. The minimum absolute atomic E-state index is 0.293. The summed E-state index contributed by atoms with van der Waals surface area (Å²) in [7, 11) is 0. The van der Waals surface area contributed by atoms with Crippen molar-refractivity contribution in [1.29, 1.82) is 0 Å². The van der Waals surface area contributed by atoms with Crippen molar-refractivity contribution >= 4 is 17.1 Å². The predicted octanol–water partition coefficient (Wildman–Crippen LogP) is 6.47. The summed E-state index contributed by atoms with van der Waals surface area (Å²) in [5, 5.41) is 0.767. The first kappa shape index (κ1) is 25.2. The highest BCUT2D eigenvalue weighted by atomic mass is 16.5. The molecular weight excluding hydrogens is 430 g/mol. The van der Waals surface area contributed by atoms with Crippen LogP contribution in [0.4, 0.5) is 0 Å². The molecule has 0 spiro atoms. The Morgan fingerprint density at radius 1 is 0.882 bits per heavy atom. The quantitative estimate of drug-likeness (QED) is 0.146. The Labute approximate surface area is 200 Å². The molecule has 34 heavy (non-hydrogen) atoms. The Morgan fingerprint density at radius 2 is 1.53 bits per heavy atom.